The molecule has 1 aromatic rings. The molecule has 0 amide bonds. The van der Waals surface area contributed by atoms with E-state index in [0.29, 0.717) is 19.1 Å². The number of likely N-dealkylation sites (tertiary alicyclic amines) is 1. The molecule has 1 atom stereocenters. The van der Waals surface area contributed by atoms with Gasteiger partial charge in [-0.1, -0.05) is 6.07 Å². The van der Waals surface area contributed by atoms with Gasteiger partial charge in [0.25, 0.3) is 0 Å². The zero-order chi connectivity index (χ0) is 13.5. The lowest BCUT2D eigenvalue weighted by Crippen LogP contribution is -2.21. The van der Waals surface area contributed by atoms with E-state index in [0.717, 1.165) is 31.0 Å². The average molecular weight is 271 g/mol. The lowest BCUT2D eigenvalue weighted by molar-refractivity contribution is -0.115. The Morgan fingerprint density at radius 1 is 1.20 bits per heavy atom. The minimum absolute atomic E-state index is 0.272. The van der Waals surface area contributed by atoms with Crippen LogP contribution in [-0.4, -0.2) is 24.0 Å². The summed E-state index contributed by atoms with van der Waals surface area (Å²) in [5.74, 6) is 2.50. The third-order valence-corrected chi connectivity index (χ3v) is 4.39. The van der Waals surface area contributed by atoms with Crippen molar-refractivity contribution in [2.45, 2.75) is 25.8 Å². The molecule has 0 aromatic heterocycles. The Morgan fingerprint density at radius 3 is 3.05 bits per heavy atom. The molecule has 2 aliphatic heterocycles. The Balaban J connectivity index is 1.56. The van der Waals surface area contributed by atoms with Gasteiger partial charge in [-0.05, 0) is 30.5 Å². The maximum absolute atomic E-state index is 11.6. The van der Waals surface area contributed by atoms with Crippen LogP contribution in [0.15, 0.2) is 30.0 Å². The summed E-state index contributed by atoms with van der Waals surface area (Å²) in [6.07, 6.45) is 4.76. The maximum atomic E-state index is 11.6. The van der Waals surface area contributed by atoms with Gasteiger partial charge in [0.2, 0.25) is 6.79 Å². The second-order valence-electron chi connectivity index (χ2n) is 5.67. The lowest BCUT2D eigenvalue weighted by Gasteiger charge is -2.24. The van der Waals surface area contributed by atoms with Gasteiger partial charge in [0.15, 0.2) is 17.3 Å². The van der Waals surface area contributed by atoms with E-state index in [1.807, 2.05) is 18.2 Å². The van der Waals surface area contributed by atoms with E-state index in [2.05, 4.69) is 11.0 Å². The highest BCUT2D eigenvalue weighted by Gasteiger charge is 2.31. The summed E-state index contributed by atoms with van der Waals surface area (Å²) in [4.78, 5) is 14.0. The van der Waals surface area contributed by atoms with Crippen molar-refractivity contribution in [2.75, 3.05) is 13.3 Å². The lowest BCUT2D eigenvalue weighted by atomic mass is 9.92. The number of ether oxygens (including phenoxy) is 2. The maximum Gasteiger partial charge on any atom is 0.231 e. The highest BCUT2D eigenvalue weighted by atomic mass is 16.7. The number of rotatable bonds is 2. The zero-order valence-corrected chi connectivity index (χ0v) is 11.3. The molecule has 104 valence electrons. The molecule has 1 aromatic carbocycles. The van der Waals surface area contributed by atoms with Crippen molar-refractivity contribution in [3.05, 3.63) is 35.5 Å². The van der Waals surface area contributed by atoms with Crippen molar-refractivity contribution in [3.63, 3.8) is 0 Å². The van der Waals surface area contributed by atoms with Gasteiger partial charge < -0.3 is 14.4 Å². The predicted octanol–water partition coefficient (Wildman–Crippen LogP) is 2.48. The molecule has 0 N–H and O–H groups in total. The Labute approximate surface area is 118 Å². The van der Waals surface area contributed by atoms with Crippen LogP contribution in [0.3, 0.4) is 0 Å². The fourth-order valence-electron chi connectivity index (χ4n) is 3.33. The Kier molecular flexibility index (Phi) is 2.69. The molecule has 1 saturated heterocycles. The SMILES string of the molecule is O=C1C=C2C(CC1)CCN2Cc1ccc2c(c1)OCO2. The third kappa shape index (κ3) is 1.96. The third-order valence-electron chi connectivity index (χ3n) is 4.39. The molecular weight excluding hydrogens is 254 g/mol. The number of allylic oxidation sites excluding steroid dienone is 2. The van der Waals surface area contributed by atoms with E-state index in [4.69, 9.17) is 9.47 Å². The number of fused-ring (bicyclic) bond motifs is 2. The second kappa shape index (κ2) is 4.54. The smallest absolute Gasteiger partial charge is 0.231 e. The monoisotopic (exact) mass is 271 g/mol. The molecule has 3 aliphatic rings. The molecule has 0 saturated carbocycles. The second-order valence-corrected chi connectivity index (χ2v) is 5.67. The summed E-state index contributed by atoms with van der Waals surface area (Å²) in [6.45, 7) is 2.19. The molecule has 20 heavy (non-hydrogen) atoms. The summed E-state index contributed by atoms with van der Waals surface area (Å²) >= 11 is 0. The van der Waals surface area contributed by atoms with Crippen LogP contribution in [0.25, 0.3) is 0 Å². The van der Waals surface area contributed by atoms with Gasteiger partial charge in [-0.3, -0.25) is 4.79 Å². The Hall–Kier alpha value is -1.97. The van der Waals surface area contributed by atoms with Gasteiger partial charge in [-0.2, -0.15) is 0 Å². The molecule has 0 radical (unpaired) electrons. The minimum Gasteiger partial charge on any atom is -0.454 e. The summed E-state index contributed by atoms with van der Waals surface area (Å²) in [7, 11) is 0. The fraction of sp³-hybridized carbons (Fsp3) is 0.438. The predicted molar refractivity (Wildman–Crippen MR) is 73.4 cm³/mol. The molecule has 1 aliphatic carbocycles. The number of nitrogens with zero attached hydrogens (tertiary/aromatic N) is 1. The molecule has 4 heteroatoms. The Bertz CT molecular complexity index is 593. The topological polar surface area (TPSA) is 38.8 Å². The summed E-state index contributed by atoms with van der Waals surface area (Å²) in [5.41, 5.74) is 2.44. The van der Waals surface area contributed by atoms with Gasteiger partial charge in [0.1, 0.15) is 0 Å². The molecule has 4 nitrogen and oxygen atoms in total. The minimum atomic E-state index is 0.272. The van der Waals surface area contributed by atoms with E-state index in [1.165, 1.54) is 17.7 Å². The van der Waals surface area contributed by atoms with Crippen LogP contribution in [-0.2, 0) is 11.3 Å². The van der Waals surface area contributed by atoms with Crippen LogP contribution in [0.2, 0.25) is 0 Å². The van der Waals surface area contributed by atoms with E-state index < -0.39 is 0 Å². The van der Waals surface area contributed by atoms with Crippen molar-refractivity contribution >= 4 is 5.78 Å². The van der Waals surface area contributed by atoms with E-state index in [-0.39, 0.29) is 5.78 Å². The van der Waals surface area contributed by atoms with Crippen LogP contribution in [0.5, 0.6) is 11.5 Å². The van der Waals surface area contributed by atoms with E-state index in [1.54, 1.807) is 0 Å². The molecular formula is C16H17NO3. The zero-order valence-electron chi connectivity index (χ0n) is 11.3. The van der Waals surface area contributed by atoms with Gasteiger partial charge in [0, 0.05) is 37.2 Å². The molecule has 0 bridgehead atoms. The highest BCUT2D eigenvalue weighted by Crippen LogP contribution is 2.37. The molecule has 1 unspecified atom stereocenters. The van der Waals surface area contributed by atoms with Crippen LogP contribution in [0.1, 0.15) is 24.8 Å². The van der Waals surface area contributed by atoms with Crippen LogP contribution < -0.4 is 9.47 Å². The first-order chi connectivity index (χ1) is 9.79. The first-order valence-electron chi connectivity index (χ1n) is 7.17. The van der Waals surface area contributed by atoms with Gasteiger partial charge >= 0.3 is 0 Å². The molecule has 0 spiro atoms. The van der Waals surface area contributed by atoms with Crippen LogP contribution >= 0.6 is 0 Å². The summed E-state index contributed by atoms with van der Waals surface area (Å²) < 4.78 is 10.7. The normalized spacial score (nSPS) is 23.8. The Morgan fingerprint density at radius 2 is 2.10 bits per heavy atom. The van der Waals surface area contributed by atoms with Crippen molar-refractivity contribution in [2.24, 2.45) is 5.92 Å². The van der Waals surface area contributed by atoms with E-state index in [9.17, 15) is 4.79 Å². The van der Waals surface area contributed by atoms with Gasteiger partial charge in [-0.25, -0.2) is 0 Å². The fourth-order valence-corrected chi connectivity index (χ4v) is 3.33. The van der Waals surface area contributed by atoms with Crippen LogP contribution in [0.4, 0.5) is 0 Å². The first kappa shape index (κ1) is 11.8. The number of ketones is 1. The largest absolute Gasteiger partial charge is 0.454 e. The summed E-state index contributed by atoms with van der Waals surface area (Å²) in [5, 5.41) is 0. The number of carbonyl (C=O) groups excluding carboxylic acids is 1. The summed E-state index contributed by atoms with van der Waals surface area (Å²) in [6, 6.07) is 6.08. The van der Waals surface area contributed by atoms with E-state index >= 15 is 0 Å². The number of hydrogen-bond donors (Lipinski definition) is 0. The highest BCUT2D eigenvalue weighted by molar-refractivity contribution is 5.91. The molecule has 4 rings (SSSR count). The number of carbonyl (C=O) groups is 1. The average Bonchev–Trinajstić information content (AvgIpc) is 3.05. The van der Waals surface area contributed by atoms with Crippen molar-refractivity contribution < 1.29 is 14.3 Å². The standard InChI is InChI=1S/C16H17NO3/c18-13-3-2-12-5-6-17(14(12)8-13)9-11-1-4-15-16(7-11)20-10-19-15/h1,4,7-8,12H,2-3,5-6,9-10H2. The van der Waals surface area contributed by atoms with Crippen molar-refractivity contribution in [1.82, 2.24) is 4.90 Å². The first-order valence-corrected chi connectivity index (χ1v) is 7.17. The van der Waals surface area contributed by atoms with Crippen LogP contribution in [0, 0.1) is 5.92 Å². The molecule has 1 fully saturated rings. The molecule has 2 heterocycles. The van der Waals surface area contributed by atoms with Gasteiger partial charge in [0.05, 0.1) is 0 Å². The van der Waals surface area contributed by atoms with Crippen molar-refractivity contribution in [3.8, 4) is 11.5 Å². The number of hydrogen-bond acceptors (Lipinski definition) is 4. The number of benzene rings is 1. The quantitative estimate of drug-likeness (QED) is 0.828. The van der Waals surface area contributed by atoms with Crippen molar-refractivity contribution in [1.29, 1.82) is 0 Å². The van der Waals surface area contributed by atoms with Gasteiger partial charge in [-0.15, -0.1) is 0 Å².